The normalized spacial score (nSPS) is 14.4. The van der Waals surface area contributed by atoms with Crippen LogP contribution in [0.15, 0.2) is 6.20 Å². The molecule has 1 aromatic rings. The highest BCUT2D eigenvalue weighted by Gasteiger charge is 2.34. The van der Waals surface area contributed by atoms with Gasteiger partial charge in [-0.1, -0.05) is 22.9 Å². The minimum absolute atomic E-state index is 0.330. The van der Waals surface area contributed by atoms with Crippen molar-refractivity contribution in [1.82, 2.24) is 4.98 Å². The van der Waals surface area contributed by atoms with Crippen LogP contribution in [0.1, 0.15) is 16.8 Å². The van der Waals surface area contributed by atoms with Gasteiger partial charge in [0.05, 0.1) is 0 Å². The molecule has 1 atom stereocenters. The van der Waals surface area contributed by atoms with Gasteiger partial charge in [0.1, 0.15) is 0 Å². The second-order valence-electron chi connectivity index (χ2n) is 3.09. The lowest BCUT2D eigenvalue weighted by atomic mass is 10.1. The van der Waals surface area contributed by atoms with Gasteiger partial charge in [-0.25, -0.2) is 4.98 Å². The molecule has 14 heavy (non-hydrogen) atoms. The molecule has 80 valence electrons. The van der Waals surface area contributed by atoms with Gasteiger partial charge in [0.2, 0.25) is 0 Å². The molecule has 0 aliphatic heterocycles. The van der Waals surface area contributed by atoms with Crippen molar-refractivity contribution in [2.45, 2.75) is 19.5 Å². The fraction of sp³-hybridized carbons (Fsp3) is 0.625. The van der Waals surface area contributed by atoms with Gasteiger partial charge in [0.15, 0.2) is 5.01 Å². The van der Waals surface area contributed by atoms with E-state index in [9.17, 15) is 13.2 Å². The Morgan fingerprint density at radius 2 is 2.21 bits per heavy atom. The van der Waals surface area contributed by atoms with Crippen molar-refractivity contribution in [1.29, 1.82) is 0 Å². The molecule has 6 heteroatoms. The second kappa shape index (κ2) is 4.61. The van der Waals surface area contributed by atoms with Crippen LogP contribution < -0.4 is 0 Å². The third kappa shape index (κ3) is 3.24. The van der Waals surface area contributed by atoms with E-state index in [1.165, 1.54) is 6.20 Å². The number of nitrogens with zero attached hydrogens (tertiary/aromatic N) is 1. The first-order valence-corrected chi connectivity index (χ1v) is 5.95. The predicted octanol–water partition coefficient (Wildman–Crippen LogP) is 3.74. The molecule has 0 saturated carbocycles. The Hall–Kier alpha value is -0.100. The number of thiazole rings is 1. The molecule has 1 heterocycles. The molecule has 0 N–H and O–H groups in total. The van der Waals surface area contributed by atoms with Gasteiger partial charge in [-0.15, -0.1) is 11.3 Å². The average molecular weight is 288 g/mol. The zero-order valence-electron chi connectivity index (χ0n) is 7.44. The van der Waals surface area contributed by atoms with Crippen LogP contribution in [-0.2, 0) is 12.6 Å². The maximum atomic E-state index is 12.2. The molecule has 1 aromatic heterocycles. The summed E-state index contributed by atoms with van der Waals surface area (Å²) in [7, 11) is 0. The van der Waals surface area contributed by atoms with Gasteiger partial charge in [-0.2, -0.15) is 13.2 Å². The molecule has 0 amide bonds. The molecule has 1 rings (SSSR count). The Morgan fingerprint density at radius 1 is 1.57 bits per heavy atom. The number of rotatable bonds is 3. The van der Waals surface area contributed by atoms with Crippen LogP contribution in [0, 0.1) is 5.92 Å². The summed E-state index contributed by atoms with van der Waals surface area (Å²) in [5.74, 6) is 0.330. The van der Waals surface area contributed by atoms with Gasteiger partial charge in [0.25, 0.3) is 0 Å². The minimum Gasteiger partial charge on any atom is -0.240 e. The fourth-order valence-corrected chi connectivity index (χ4v) is 2.10. The van der Waals surface area contributed by atoms with Crippen molar-refractivity contribution in [3.8, 4) is 0 Å². The van der Waals surface area contributed by atoms with E-state index < -0.39 is 11.2 Å². The lowest BCUT2D eigenvalue weighted by molar-refractivity contribution is -0.137. The first-order chi connectivity index (χ1) is 6.43. The molecular formula is C8H9BrF3NS. The largest absolute Gasteiger partial charge is 0.443 e. The highest BCUT2D eigenvalue weighted by Crippen LogP contribution is 2.33. The quantitative estimate of drug-likeness (QED) is 0.772. The topological polar surface area (TPSA) is 12.9 Å². The summed E-state index contributed by atoms with van der Waals surface area (Å²) in [6.07, 6.45) is -2.35. The van der Waals surface area contributed by atoms with Gasteiger partial charge in [0, 0.05) is 16.4 Å². The Morgan fingerprint density at radius 3 is 2.64 bits per heavy atom. The van der Waals surface area contributed by atoms with E-state index in [2.05, 4.69) is 20.9 Å². The van der Waals surface area contributed by atoms with Gasteiger partial charge in [-0.3, -0.25) is 0 Å². The first-order valence-electron chi connectivity index (χ1n) is 4.01. The summed E-state index contributed by atoms with van der Waals surface area (Å²) in [5, 5.41) is 0.0287. The number of hydrogen-bond donors (Lipinski definition) is 0. The van der Waals surface area contributed by atoms with E-state index in [1.54, 1.807) is 0 Å². The maximum absolute atomic E-state index is 12.2. The SMILES string of the molecule is CC(CBr)Cc1cnc(C(F)(F)F)s1. The third-order valence-corrected chi connectivity index (χ3v) is 3.78. The molecular weight excluding hydrogens is 279 g/mol. The lowest BCUT2D eigenvalue weighted by Crippen LogP contribution is -2.03. The standard InChI is InChI=1S/C8H9BrF3NS/c1-5(3-9)2-6-4-13-7(14-6)8(10,11)12/h4-5H,2-3H2,1H3. The summed E-state index contributed by atoms with van der Waals surface area (Å²) < 4.78 is 36.5. The molecule has 0 saturated heterocycles. The predicted molar refractivity (Wildman–Crippen MR) is 53.8 cm³/mol. The molecule has 0 radical (unpaired) electrons. The van der Waals surface area contributed by atoms with Gasteiger partial charge >= 0.3 is 6.18 Å². The van der Waals surface area contributed by atoms with E-state index in [0.29, 0.717) is 17.2 Å². The Labute approximate surface area is 92.5 Å². The smallest absolute Gasteiger partial charge is 0.240 e. The Kier molecular flexibility index (Phi) is 3.94. The number of hydrogen-bond acceptors (Lipinski definition) is 2. The van der Waals surface area contributed by atoms with Crippen molar-refractivity contribution in [3.05, 3.63) is 16.1 Å². The van der Waals surface area contributed by atoms with Gasteiger partial charge < -0.3 is 0 Å². The van der Waals surface area contributed by atoms with E-state index >= 15 is 0 Å². The molecule has 0 aromatic carbocycles. The second-order valence-corrected chi connectivity index (χ2v) is 4.86. The Bertz CT molecular complexity index is 297. The van der Waals surface area contributed by atoms with Crippen LogP contribution in [0.25, 0.3) is 0 Å². The van der Waals surface area contributed by atoms with Gasteiger partial charge in [-0.05, 0) is 12.3 Å². The summed E-state index contributed by atoms with van der Waals surface area (Å²) >= 11 is 4.01. The molecule has 0 aliphatic carbocycles. The van der Waals surface area contributed by atoms with Crippen LogP contribution in [0.2, 0.25) is 0 Å². The number of halogens is 4. The van der Waals surface area contributed by atoms with Crippen LogP contribution in [0.4, 0.5) is 13.2 Å². The monoisotopic (exact) mass is 287 g/mol. The number of aromatic nitrogens is 1. The lowest BCUT2D eigenvalue weighted by Gasteiger charge is -2.03. The van der Waals surface area contributed by atoms with Crippen molar-refractivity contribution < 1.29 is 13.2 Å². The first kappa shape index (κ1) is 12.0. The summed E-state index contributed by atoms with van der Waals surface area (Å²) in [5.41, 5.74) is 0. The van der Waals surface area contributed by atoms with Crippen molar-refractivity contribution in [3.63, 3.8) is 0 Å². The fourth-order valence-electron chi connectivity index (χ4n) is 0.931. The zero-order chi connectivity index (χ0) is 10.8. The van der Waals surface area contributed by atoms with E-state index in [0.717, 1.165) is 16.7 Å². The maximum Gasteiger partial charge on any atom is 0.443 e. The van der Waals surface area contributed by atoms with Crippen molar-refractivity contribution in [2.24, 2.45) is 5.92 Å². The van der Waals surface area contributed by atoms with E-state index in [-0.39, 0.29) is 0 Å². The van der Waals surface area contributed by atoms with Crippen LogP contribution >= 0.6 is 27.3 Å². The summed E-state index contributed by atoms with van der Waals surface area (Å²) in [6.45, 7) is 1.97. The zero-order valence-corrected chi connectivity index (χ0v) is 9.84. The van der Waals surface area contributed by atoms with E-state index in [1.807, 2.05) is 6.92 Å². The minimum atomic E-state index is -4.31. The van der Waals surface area contributed by atoms with E-state index in [4.69, 9.17) is 0 Å². The van der Waals surface area contributed by atoms with Crippen molar-refractivity contribution in [2.75, 3.05) is 5.33 Å². The molecule has 1 nitrogen and oxygen atoms in total. The summed E-state index contributed by atoms with van der Waals surface area (Å²) in [6, 6.07) is 0. The molecule has 0 aliphatic rings. The van der Waals surface area contributed by atoms with Crippen LogP contribution in [0.3, 0.4) is 0 Å². The highest BCUT2D eigenvalue weighted by molar-refractivity contribution is 9.09. The van der Waals surface area contributed by atoms with Crippen LogP contribution in [-0.4, -0.2) is 10.3 Å². The Balaban J connectivity index is 2.69. The highest BCUT2D eigenvalue weighted by atomic mass is 79.9. The molecule has 0 spiro atoms. The average Bonchev–Trinajstić information content (AvgIpc) is 2.51. The molecule has 1 unspecified atom stereocenters. The summed E-state index contributed by atoms with van der Waals surface area (Å²) in [4.78, 5) is 4.04. The van der Waals surface area contributed by atoms with Crippen molar-refractivity contribution >= 4 is 27.3 Å². The molecule has 0 bridgehead atoms. The third-order valence-electron chi connectivity index (χ3n) is 1.61. The molecule has 0 fully saturated rings. The van der Waals surface area contributed by atoms with Crippen LogP contribution in [0.5, 0.6) is 0 Å². The number of alkyl halides is 4.